The number of likely N-dealkylation sites (tertiary alicyclic amines) is 1. The molecule has 0 bridgehead atoms. The molecule has 1 aromatic rings. The molecule has 1 N–H and O–H groups in total. The van der Waals surface area contributed by atoms with Gasteiger partial charge < -0.3 is 14.7 Å². The average molecular weight is 384 g/mol. The summed E-state index contributed by atoms with van der Waals surface area (Å²) in [5.74, 6) is -0.471. The maximum Gasteiger partial charge on any atom is 0.309 e. The Kier molecular flexibility index (Phi) is 6.25. The number of carboxylic acid groups (broad SMARTS) is 1. The number of hydrogen-bond acceptors (Lipinski definition) is 4. The van der Waals surface area contributed by atoms with Crippen molar-refractivity contribution in [3.05, 3.63) is 29.3 Å². The van der Waals surface area contributed by atoms with E-state index in [2.05, 4.69) is 0 Å². The molecule has 2 fully saturated rings. The fraction of sp³-hybridized carbons (Fsp3) is 0.556. The second kappa shape index (κ2) is 8.43. The molecule has 2 heterocycles. The Bertz CT molecular complexity index is 633. The number of thioether (sulfide) groups is 1. The lowest BCUT2D eigenvalue weighted by Gasteiger charge is -2.35. The highest BCUT2D eigenvalue weighted by atomic mass is 35.5. The number of ether oxygens (including phenoxy) is 1. The van der Waals surface area contributed by atoms with Crippen molar-refractivity contribution in [1.29, 1.82) is 0 Å². The van der Waals surface area contributed by atoms with Crippen LogP contribution in [0.25, 0.3) is 0 Å². The molecule has 0 saturated carbocycles. The monoisotopic (exact) mass is 383 g/mol. The summed E-state index contributed by atoms with van der Waals surface area (Å²) in [6.45, 7) is 1.85. The highest BCUT2D eigenvalue weighted by Crippen LogP contribution is 2.33. The molecule has 2 atom stereocenters. The van der Waals surface area contributed by atoms with Gasteiger partial charge >= 0.3 is 5.97 Å². The van der Waals surface area contributed by atoms with Gasteiger partial charge in [-0.25, -0.2) is 0 Å². The zero-order valence-corrected chi connectivity index (χ0v) is 15.5. The minimum Gasteiger partial charge on any atom is -0.481 e. The standard InChI is InChI=1S/C18H22ClNO4S/c19-14-3-1-2-4-15(14)25-11-16(21)20-8-5-12(6-9-20)17-13(18(22)23)7-10-24-17/h1-4,12-13,17H,5-11H2,(H,22,23)/t13?,17-/m0/s1. The van der Waals surface area contributed by atoms with E-state index in [4.69, 9.17) is 16.3 Å². The Labute approximate surface area is 156 Å². The first kappa shape index (κ1) is 18.5. The number of carbonyl (C=O) groups excluding carboxylic acids is 1. The first-order valence-electron chi connectivity index (χ1n) is 8.56. The number of nitrogens with zero attached hydrogens (tertiary/aromatic N) is 1. The molecule has 5 nitrogen and oxygen atoms in total. The van der Waals surface area contributed by atoms with E-state index in [-0.39, 0.29) is 17.9 Å². The lowest BCUT2D eigenvalue weighted by Crippen LogP contribution is -2.43. The predicted molar refractivity (Wildman–Crippen MR) is 97.0 cm³/mol. The van der Waals surface area contributed by atoms with Crippen molar-refractivity contribution in [2.24, 2.45) is 11.8 Å². The maximum atomic E-state index is 12.4. The van der Waals surface area contributed by atoms with Crippen LogP contribution in [-0.2, 0) is 14.3 Å². The largest absolute Gasteiger partial charge is 0.481 e. The van der Waals surface area contributed by atoms with Gasteiger partial charge in [-0.2, -0.15) is 0 Å². The van der Waals surface area contributed by atoms with Gasteiger partial charge in [-0.15, -0.1) is 11.8 Å². The molecule has 25 heavy (non-hydrogen) atoms. The van der Waals surface area contributed by atoms with Crippen molar-refractivity contribution in [1.82, 2.24) is 4.90 Å². The second-order valence-electron chi connectivity index (χ2n) is 6.51. The van der Waals surface area contributed by atoms with Crippen LogP contribution in [0.15, 0.2) is 29.2 Å². The van der Waals surface area contributed by atoms with E-state index in [0.29, 0.717) is 36.9 Å². The van der Waals surface area contributed by atoms with Gasteiger partial charge in [-0.3, -0.25) is 9.59 Å². The van der Waals surface area contributed by atoms with Gasteiger partial charge in [0, 0.05) is 24.6 Å². The molecule has 0 aliphatic carbocycles. The lowest BCUT2D eigenvalue weighted by molar-refractivity contribution is -0.145. The molecule has 2 aliphatic rings. The summed E-state index contributed by atoms with van der Waals surface area (Å²) in [5, 5.41) is 9.96. The molecule has 0 radical (unpaired) electrons. The molecule has 2 saturated heterocycles. The number of carboxylic acids is 1. The van der Waals surface area contributed by atoms with E-state index in [9.17, 15) is 14.7 Å². The highest BCUT2D eigenvalue weighted by molar-refractivity contribution is 8.00. The van der Waals surface area contributed by atoms with E-state index < -0.39 is 11.9 Å². The minimum atomic E-state index is -0.767. The van der Waals surface area contributed by atoms with E-state index in [1.807, 2.05) is 29.2 Å². The molecule has 2 aliphatic heterocycles. The Morgan fingerprint density at radius 2 is 1.96 bits per heavy atom. The van der Waals surface area contributed by atoms with Gasteiger partial charge in [0.1, 0.15) is 0 Å². The number of halogens is 1. The van der Waals surface area contributed by atoms with E-state index >= 15 is 0 Å². The zero-order valence-electron chi connectivity index (χ0n) is 13.9. The van der Waals surface area contributed by atoms with Crippen LogP contribution in [-0.4, -0.2) is 53.4 Å². The normalized spacial score (nSPS) is 24.4. The molecule has 7 heteroatoms. The Hall–Kier alpha value is -1.24. The van der Waals surface area contributed by atoms with Crippen LogP contribution in [0.3, 0.4) is 0 Å². The third-order valence-electron chi connectivity index (χ3n) is 5.00. The number of rotatable bonds is 5. The zero-order chi connectivity index (χ0) is 17.8. The van der Waals surface area contributed by atoms with Gasteiger partial charge in [-0.1, -0.05) is 23.7 Å². The van der Waals surface area contributed by atoms with E-state index in [1.54, 1.807) is 0 Å². The van der Waals surface area contributed by atoms with Crippen molar-refractivity contribution in [3.8, 4) is 0 Å². The van der Waals surface area contributed by atoms with E-state index in [1.165, 1.54) is 11.8 Å². The maximum absolute atomic E-state index is 12.4. The van der Waals surface area contributed by atoms with E-state index in [0.717, 1.165) is 17.7 Å². The first-order valence-corrected chi connectivity index (χ1v) is 9.92. The number of piperidine rings is 1. The fourth-order valence-corrected chi connectivity index (χ4v) is 4.75. The lowest BCUT2D eigenvalue weighted by atomic mass is 9.84. The Morgan fingerprint density at radius 3 is 2.64 bits per heavy atom. The van der Waals surface area contributed by atoms with Gasteiger partial charge in [0.05, 0.1) is 22.8 Å². The van der Waals surface area contributed by atoms with Crippen LogP contribution in [0.1, 0.15) is 19.3 Å². The average Bonchev–Trinajstić information content (AvgIpc) is 3.11. The highest BCUT2D eigenvalue weighted by Gasteiger charge is 2.40. The molecule has 0 spiro atoms. The van der Waals surface area contributed by atoms with Crippen molar-refractivity contribution < 1.29 is 19.4 Å². The number of aliphatic carboxylic acids is 1. The third-order valence-corrected chi connectivity index (χ3v) is 6.50. The van der Waals surface area contributed by atoms with Crippen LogP contribution in [0.5, 0.6) is 0 Å². The first-order chi connectivity index (χ1) is 12.1. The molecule has 136 valence electrons. The Morgan fingerprint density at radius 1 is 1.24 bits per heavy atom. The van der Waals surface area contributed by atoms with Gasteiger partial charge in [0.15, 0.2) is 0 Å². The summed E-state index contributed by atoms with van der Waals surface area (Å²) >= 11 is 7.57. The smallest absolute Gasteiger partial charge is 0.309 e. The van der Waals surface area contributed by atoms with Crippen LogP contribution >= 0.6 is 23.4 Å². The van der Waals surface area contributed by atoms with Crippen LogP contribution in [0.2, 0.25) is 5.02 Å². The summed E-state index contributed by atoms with van der Waals surface area (Å²) in [4.78, 5) is 26.5. The molecular weight excluding hydrogens is 362 g/mol. The van der Waals surface area contributed by atoms with Crippen molar-refractivity contribution in [2.75, 3.05) is 25.4 Å². The molecule has 0 aromatic heterocycles. The predicted octanol–water partition coefficient (Wildman–Crippen LogP) is 3.16. The van der Waals surface area contributed by atoms with Crippen molar-refractivity contribution in [3.63, 3.8) is 0 Å². The number of amides is 1. The van der Waals surface area contributed by atoms with Crippen molar-refractivity contribution >= 4 is 35.2 Å². The molecular formula is C18H22ClNO4S. The number of benzene rings is 1. The molecule has 1 unspecified atom stereocenters. The second-order valence-corrected chi connectivity index (χ2v) is 7.93. The fourth-order valence-electron chi connectivity index (χ4n) is 3.61. The summed E-state index contributed by atoms with van der Waals surface area (Å²) < 4.78 is 5.68. The summed E-state index contributed by atoms with van der Waals surface area (Å²) in [7, 11) is 0. The summed E-state index contributed by atoms with van der Waals surface area (Å²) in [5.41, 5.74) is 0. The molecule has 3 rings (SSSR count). The number of hydrogen-bond donors (Lipinski definition) is 1. The van der Waals surface area contributed by atoms with Crippen LogP contribution in [0, 0.1) is 11.8 Å². The molecule has 1 amide bonds. The van der Waals surface area contributed by atoms with Crippen LogP contribution in [0.4, 0.5) is 0 Å². The molecule has 1 aromatic carbocycles. The third kappa shape index (κ3) is 4.49. The summed E-state index contributed by atoms with van der Waals surface area (Å²) in [6, 6.07) is 7.51. The SMILES string of the molecule is O=C(O)C1CCO[C@H]1C1CCN(C(=O)CSc2ccccc2Cl)CC1. The number of carbonyl (C=O) groups is 2. The minimum absolute atomic E-state index is 0.102. The quantitative estimate of drug-likeness (QED) is 0.791. The van der Waals surface area contributed by atoms with Gasteiger partial charge in [0.2, 0.25) is 5.91 Å². The summed E-state index contributed by atoms with van der Waals surface area (Å²) in [6.07, 6.45) is 1.99. The van der Waals surface area contributed by atoms with Crippen LogP contribution < -0.4 is 0 Å². The Balaban J connectivity index is 1.48. The van der Waals surface area contributed by atoms with Crippen molar-refractivity contribution in [2.45, 2.75) is 30.3 Å². The topological polar surface area (TPSA) is 66.8 Å². The van der Waals surface area contributed by atoms with Gasteiger partial charge in [0.25, 0.3) is 0 Å². The van der Waals surface area contributed by atoms with Gasteiger partial charge in [-0.05, 0) is 37.3 Å².